The number of para-hydroxylation sites is 1. The van der Waals surface area contributed by atoms with E-state index in [4.69, 9.17) is 4.42 Å². The van der Waals surface area contributed by atoms with Crippen LogP contribution in [0.2, 0.25) is 0 Å². The van der Waals surface area contributed by atoms with Crippen molar-refractivity contribution in [1.82, 2.24) is 0 Å². The summed E-state index contributed by atoms with van der Waals surface area (Å²) in [5, 5.41) is 3.43. The Hall–Kier alpha value is -2.12. The molecule has 0 unspecified atom stereocenters. The standard InChI is InChI=1S/C18H16BrNO4S/c1-11-7-8-12(19)9-15(11)20-18(21)17-14(10-25(2,22)23)13-5-3-4-6-16(13)24-17/h3-9H,10H2,1-2H3,(H,20,21). The largest absolute Gasteiger partial charge is 0.451 e. The first kappa shape index (κ1) is 17.7. The number of carbonyl (C=O) groups excluding carboxylic acids is 1. The number of furan rings is 1. The van der Waals surface area contributed by atoms with E-state index >= 15 is 0 Å². The van der Waals surface area contributed by atoms with Crippen LogP contribution in [0.1, 0.15) is 21.7 Å². The highest BCUT2D eigenvalue weighted by atomic mass is 79.9. The van der Waals surface area contributed by atoms with Crippen LogP contribution in [0.5, 0.6) is 0 Å². The summed E-state index contributed by atoms with van der Waals surface area (Å²) in [6.45, 7) is 1.87. The predicted octanol–water partition coefficient (Wildman–Crippen LogP) is 4.30. The molecule has 0 spiro atoms. The predicted molar refractivity (Wildman–Crippen MR) is 102 cm³/mol. The molecule has 0 aliphatic rings. The van der Waals surface area contributed by atoms with E-state index in [1.165, 1.54) is 0 Å². The Morgan fingerprint density at radius 2 is 1.92 bits per heavy atom. The van der Waals surface area contributed by atoms with Gasteiger partial charge in [0, 0.05) is 27.4 Å². The topological polar surface area (TPSA) is 76.4 Å². The van der Waals surface area contributed by atoms with Gasteiger partial charge in [0.1, 0.15) is 5.58 Å². The molecule has 0 saturated heterocycles. The number of carbonyl (C=O) groups is 1. The maximum atomic E-state index is 12.7. The van der Waals surface area contributed by atoms with E-state index in [2.05, 4.69) is 21.2 Å². The number of rotatable bonds is 4. The normalized spacial score (nSPS) is 11.6. The van der Waals surface area contributed by atoms with Gasteiger partial charge < -0.3 is 9.73 Å². The molecule has 0 aliphatic carbocycles. The van der Waals surface area contributed by atoms with Crippen molar-refractivity contribution in [3.05, 3.63) is 63.8 Å². The fourth-order valence-corrected chi connectivity index (χ4v) is 3.77. The summed E-state index contributed by atoms with van der Waals surface area (Å²) >= 11 is 3.37. The molecule has 0 saturated carbocycles. The monoisotopic (exact) mass is 421 g/mol. The van der Waals surface area contributed by atoms with Gasteiger partial charge in [0.05, 0.1) is 5.75 Å². The van der Waals surface area contributed by atoms with Crippen molar-refractivity contribution in [2.45, 2.75) is 12.7 Å². The molecule has 130 valence electrons. The molecule has 1 amide bonds. The fourth-order valence-electron chi connectivity index (χ4n) is 2.60. The molecule has 0 fully saturated rings. The molecule has 0 atom stereocenters. The van der Waals surface area contributed by atoms with Gasteiger partial charge in [0.25, 0.3) is 5.91 Å². The van der Waals surface area contributed by atoms with E-state index < -0.39 is 15.7 Å². The second-order valence-corrected chi connectivity index (χ2v) is 8.95. The highest BCUT2D eigenvalue weighted by Crippen LogP contribution is 2.29. The number of hydrogen-bond acceptors (Lipinski definition) is 4. The molecule has 7 heteroatoms. The lowest BCUT2D eigenvalue weighted by Crippen LogP contribution is -2.15. The van der Waals surface area contributed by atoms with Crippen LogP contribution in [0.4, 0.5) is 5.69 Å². The molecule has 0 aliphatic heterocycles. The summed E-state index contributed by atoms with van der Waals surface area (Å²) in [5.74, 6) is -0.716. The zero-order chi connectivity index (χ0) is 18.2. The summed E-state index contributed by atoms with van der Waals surface area (Å²) in [4.78, 5) is 12.7. The number of anilines is 1. The lowest BCUT2D eigenvalue weighted by molar-refractivity contribution is 0.0997. The van der Waals surface area contributed by atoms with Gasteiger partial charge >= 0.3 is 0 Å². The molecule has 5 nitrogen and oxygen atoms in total. The molecule has 1 N–H and O–H groups in total. The summed E-state index contributed by atoms with van der Waals surface area (Å²) in [5.41, 5.74) is 2.38. The van der Waals surface area contributed by atoms with Gasteiger partial charge in [-0.1, -0.05) is 40.2 Å². The Kier molecular flexibility index (Phi) is 4.71. The summed E-state index contributed by atoms with van der Waals surface area (Å²) < 4.78 is 30.1. The molecule has 25 heavy (non-hydrogen) atoms. The van der Waals surface area contributed by atoms with Crippen LogP contribution in [0.25, 0.3) is 11.0 Å². The Morgan fingerprint density at radius 1 is 1.20 bits per heavy atom. The van der Waals surface area contributed by atoms with Crippen molar-refractivity contribution in [2.24, 2.45) is 0 Å². The average molecular weight is 422 g/mol. The van der Waals surface area contributed by atoms with Crippen LogP contribution in [-0.2, 0) is 15.6 Å². The van der Waals surface area contributed by atoms with Crippen molar-refractivity contribution in [3.8, 4) is 0 Å². The number of aryl methyl sites for hydroxylation is 1. The first-order valence-corrected chi connectivity index (χ1v) is 10.4. The number of fused-ring (bicyclic) bond motifs is 1. The summed E-state index contributed by atoms with van der Waals surface area (Å²) in [6.07, 6.45) is 1.13. The smallest absolute Gasteiger partial charge is 0.291 e. The van der Waals surface area contributed by atoms with E-state index in [-0.39, 0.29) is 11.5 Å². The molecule has 3 rings (SSSR count). The van der Waals surface area contributed by atoms with Crippen LogP contribution in [0, 0.1) is 6.92 Å². The van der Waals surface area contributed by atoms with E-state index in [0.29, 0.717) is 22.2 Å². The van der Waals surface area contributed by atoms with Gasteiger partial charge in [0.2, 0.25) is 0 Å². The van der Waals surface area contributed by atoms with Crippen molar-refractivity contribution in [1.29, 1.82) is 0 Å². The number of nitrogens with one attached hydrogen (secondary N) is 1. The third-order valence-electron chi connectivity index (χ3n) is 3.76. The molecule has 0 bridgehead atoms. The van der Waals surface area contributed by atoms with Gasteiger partial charge in [-0.25, -0.2) is 8.42 Å². The molecule has 0 radical (unpaired) electrons. The van der Waals surface area contributed by atoms with Crippen LogP contribution >= 0.6 is 15.9 Å². The molecule has 1 heterocycles. The van der Waals surface area contributed by atoms with Gasteiger partial charge in [-0.15, -0.1) is 0 Å². The van der Waals surface area contributed by atoms with Crippen molar-refractivity contribution in [2.75, 3.05) is 11.6 Å². The van der Waals surface area contributed by atoms with Gasteiger partial charge in [-0.05, 0) is 30.7 Å². The van der Waals surface area contributed by atoms with E-state index in [1.807, 2.05) is 19.1 Å². The minimum atomic E-state index is -3.33. The van der Waals surface area contributed by atoms with Gasteiger partial charge in [0.15, 0.2) is 15.6 Å². The number of hydrogen-bond donors (Lipinski definition) is 1. The molecule has 3 aromatic rings. The maximum Gasteiger partial charge on any atom is 0.291 e. The molecule has 2 aromatic carbocycles. The quantitative estimate of drug-likeness (QED) is 0.680. The summed E-state index contributed by atoms with van der Waals surface area (Å²) in [7, 11) is -3.33. The van der Waals surface area contributed by atoms with Crippen LogP contribution < -0.4 is 5.32 Å². The van der Waals surface area contributed by atoms with E-state index in [1.54, 1.807) is 30.3 Å². The highest BCUT2D eigenvalue weighted by molar-refractivity contribution is 9.10. The van der Waals surface area contributed by atoms with Crippen molar-refractivity contribution >= 4 is 48.3 Å². The summed E-state index contributed by atoms with van der Waals surface area (Å²) in [6, 6.07) is 12.5. The minimum absolute atomic E-state index is 0.0194. The third-order valence-corrected chi connectivity index (χ3v) is 5.07. The van der Waals surface area contributed by atoms with Gasteiger partial charge in [-0.2, -0.15) is 0 Å². The van der Waals surface area contributed by atoms with E-state index in [0.717, 1.165) is 16.3 Å². The number of benzene rings is 2. The second-order valence-electron chi connectivity index (χ2n) is 5.89. The second kappa shape index (κ2) is 6.65. The van der Waals surface area contributed by atoms with Crippen LogP contribution in [0.3, 0.4) is 0 Å². The van der Waals surface area contributed by atoms with E-state index in [9.17, 15) is 13.2 Å². The van der Waals surface area contributed by atoms with Crippen LogP contribution in [-0.4, -0.2) is 20.6 Å². The Morgan fingerprint density at radius 3 is 2.64 bits per heavy atom. The van der Waals surface area contributed by atoms with Crippen molar-refractivity contribution < 1.29 is 17.6 Å². The molecular weight excluding hydrogens is 406 g/mol. The zero-order valence-electron chi connectivity index (χ0n) is 13.7. The number of sulfone groups is 1. The lowest BCUT2D eigenvalue weighted by atomic mass is 10.1. The third kappa shape index (κ3) is 3.93. The fraction of sp³-hybridized carbons (Fsp3) is 0.167. The zero-order valence-corrected chi connectivity index (χ0v) is 16.1. The molecule has 1 aromatic heterocycles. The maximum absolute atomic E-state index is 12.7. The minimum Gasteiger partial charge on any atom is -0.451 e. The Labute approximate surface area is 154 Å². The van der Waals surface area contributed by atoms with Crippen molar-refractivity contribution in [3.63, 3.8) is 0 Å². The SMILES string of the molecule is Cc1ccc(Br)cc1NC(=O)c1oc2ccccc2c1CS(C)(=O)=O. The lowest BCUT2D eigenvalue weighted by Gasteiger charge is -2.08. The van der Waals surface area contributed by atoms with Gasteiger partial charge in [-0.3, -0.25) is 4.79 Å². The first-order valence-electron chi connectivity index (χ1n) is 7.50. The Balaban J connectivity index is 2.06. The average Bonchev–Trinajstić information content (AvgIpc) is 2.88. The number of amides is 1. The molecular formula is C18H16BrNO4S. The number of halogens is 1. The highest BCUT2D eigenvalue weighted by Gasteiger charge is 2.23. The Bertz CT molecular complexity index is 1070. The van der Waals surface area contributed by atoms with Crippen LogP contribution in [0.15, 0.2) is 51.4 Å². The first-order chi connectivity index (χ1) is 11.7.